The van der Waals surface area contributed by atoms with E-state index in [-0.39, 0.29) is 17.2 Å². The van der Waals surface area contributed by atoms with Gasteiger partial charge in [-0.15, -0.1) is 0 Å². The van der Waals surface area contributed by atoms with E-state index < -0.39 is 23.3 Å². The molecule has 0 radical (unpaired) electrons. The molecule has 1 aliphatic rings. The number of pyridine rings is 1. The van der Waals surface area contributed by atoms with Crippen LogP contribution in [0, 0.1) is 5.92 Å². The maximum Gasteiger partial charge on any atom is 0.313 e. The summed E-state index contributed by atoms with van der Waals surface area (Å²) in [4.78, 5) is 42.6. The number of halogens is 1. The number of likely N-dealkylation sites (tertiary alicyclic amines) is 1. The van der Waals surface area contributed by atoms with Crippen LogP contribution < -0.4 is 11.1 Å². The number of hydrogen-bond donors (Lipinski definition) is 2. The van der Waals surface area contributed by atoms with Crippen molar-refractivity contribution >= 4 is 35.0 Å². The Labute approximate surface area is 174 Å². The summed E-state index contributed by atoms with van der Waals surface area (Å²) < 4.78 is 0. The molecule has 3 N–H and O–H groups in total. The van der Waals surface area contributed by atoms with Gasteiger partial charge >= 0.3 is 11.8 Å². The summed E-state index contributed by atoms with van der Waals surface area (Å²) in [5.74, 6) is -1.85. The molecule has 2 aromatic rings. The number of primary amides is 1. The van der Waals surface area contributed by atoms with E-state index >= 15 is 0 Å². The van der Waals surface area contributed by atoms with E-state index in [1.165, 1.54) is 18.5 Å². The van der Waals surface area contributed by atoms with Gasteiger partial charge in [-0.25, -0.2) is 0 Å². The monoisotopic (exact) mass is 414 g/mol. The Bertz CT molecular complexity index is 964. The van der Waals surface area contributed by atoms with Crippen LogP contribution in [0.5, 0.6) is 0 Å². The van der Waals surface area contributed by atoms with Crippen molar-refractivity contribution in [3.8, 4) is 0 Å². The molecule has 0 saturated carbocycles. The largest absolute Gasteiger partial charge is 0.366 e. The number of piperidine rings is 1. The van der Waals surface area contributed by atoms with E-state index in [1.807, 2.05) is 25.1 Å². The summed E-state index contributed by atoms with van der Waals surface area (Å²) in [6.45, 7) is 4.45. The van der Waals surface area contributed by atoms with Gasteiger partial charge in [0, 0.05) is 17.8 Å². The fourth-order valence-corrected chi connectivity index (χ4v) is 3.84. The standard InChI is InChI=1S/C21H23ClN4O3/c1-13-6-7-21(2,15-4-3-5-16(22)9-15)26(12-13)20(29)19(28)25-17-8-14(18(23)27)10-24-11-17/h3-5,8-11,13H,6-7,12H2,1-2H3,(H2,23,27)(H,25,28)/t13-,21-/m0/s1. The van der Waals surface area contributed by atoms with Crippen molar-refractivity contribution in [1.82, 2.24) is 9.88 Å². The molecule has 1 saturated heterocycles. The predicted octanol–water partition coefficient (Wildman–Crippen LogP) is 2.95. The number of aromatic nitrogens is 1. The molecule has 0 spiro atoms. The van der Waals surface area contributed by atoms with Gasteiger partial charge in [-0.05, 0) is 49.4 Å². The van der Waals surface area contributed by atoms with Gasteiger partial charge in [0.2, 0.25) is 5.91 Å². The van der Waals surface area contributed by atoms with E-state index in [2.05, 4.69) is 17.2 Å². The van der Waals surface area contributed by atoms with E-state index in [0.29, 0.717) is 18.0 Å². The molecule has 0 bridgehead atoms. The quantitative estimate of drug-likeness (QED) is 0.753. The van der Waals surface area contributed by atoms with Gasteiger partial charge < -0.3 is 16.0 Å². The fraction of sp³-hybridized carbons (Fsp3) is 0.333. The summed E-state index contributed by atoms with van der Waals surface area (Å²) in [6, 6.07) is 8.74. The zero-order chi connectivity index (χ0) is 21.2. The van der Waals surface area contributed by atoms with E-state index in [1.54, 1.807) is 11.0 Å². The summed E-state index contributed by atoms with van der Waals surface area (Å²) in [5, 5.41) is 3.10. The third-order valence-electron chi connectivity index (χ3n) is 5.38. The van der Waals surface area contributed by atoms with Crippen molar-refractivity contribution in [2.75, 3.05) is 11.9 Å². The Morgan fingerprint density at radius 3 is 2.72 bits per heavy atom. The zero-order valence-electron chi connectivity index (χ0n) is 16.3. The van der Waals surface area contributed by atoms with Crippen molar-refractivity contribution in [1.29, 1.82) is 0 Å². The van der Waals surface area contributed by atoms with Gasteiger partial charge in [0.05, 0.1) is 23.0 Å². The van der Waals surface area contributed by atoms with Crippen LogP contribution >= 0.6 is 11.6 Å². The average Bonchev–Trinajstić information content (AvgIpc) is 2.69. The molecule has 2 atom stereocenters. The number of benzene rings is 1. The van der Waals surface area contributed by atoms with E-state index in [0.717, 1.165) is 12.0 Å². The predicted molar refractivity (Wildman–Crippen MR) is 110 cm³/mol. The number of carbonyl (C=O) groups excluding carboxylic acids is 3. The second-order valence-electron chi connectivity index (χ2n) is 7.62. The summed E-state index contributed by atoms with van der Waals surface area (Å²) in [5.41, 5.74) is 5.85. The smallest absolute Gasteiger partial charge is 0.313 e. The Kier molecular flexibility index (Phi) is 5.88. The Morgan fingerprint density at radius 1 is 1.28 bits per heavy atom. The SMILES string of the molecule is C[C@H]1CC[C@@](C)(c2cccc(Cl)c2)N(C(=O)C(=O)Nc2cncc(C(N)=O)c2)C1. The zero-order valence-corrected chi connectivity index (χ0v) is 17.1. The first kappa shape index (κ1) is 20.8. The minimum atomic E-state index is -0.796. The molecule has 3 rings (SSSR count). The lowest BCUT2D eigenvalue weighted by molar-refractivity contribution is -0.150. The van der Waals surface area contributed by atoms with Gasteiger partial charge in [-0.1, -0.05) is 30.7 Å². The fourth-order valence-electron chi connectivity index (χ4n) is 3.65. The Morgan fingerprint density at radius 2 is 2.03 bits per heavy atom. The number of carbonyl (C=O) groups is 3. The Balaban J connectivity index is 1.87. The third kappa shape index (κ3) is 4.40. The minimum absolute atomic E-state index is 0.144. The topological polar surface area (TPSA) is 105 Å². The second-order valence-corrected chi connectivity index (χ2v) is 8.06. The molecule has 1 fully saturated rings. The number of nitrogens with zero attached hydrogens (tertiary/aromatic N) is 2. The molecule has 1 aromatic heterocycles. The first-order valence-corrected chi connectivity index (χ1v) is 9.72. The highest BCUT2D eigenvalue weighted by Crippen LogP contribution is 2.40. The van der Waals surface area contributed by atoms with Crippen LogP contribution in [0.15, 0.2) is 42.7 Å². The lowest BCUT2D eigenvalue weighted by Crippen LogP contribution is -2.55. The normalized spacial score (nSPS) is 21.5. The lowest BCUT2D eigenvalue weighted by Gasteiger charge is -2.47. The number of nitrogens with one attached hydrogen (secondary N) is 1. The van der Waals surface area contributed by atoms with Crippen molar-refractivity contribution in [3.63, 3.8) is 0 Å². The van der Waals surface area contributed by atoms with Crippen molar-refractivity contribution in [2.45, 2.75) is 32.2 Å². The van der Waals surface area contributed by atoms with Crippen LogP contribution in [0.4, 0.5) is 5.69 Å². The Hall–Kier alpha value is -2.93. The minimum Gasteiger partial charge on any atom is -0.366 e. The van der Waals surface area contributed by atoms with Crippen molar-refractivity contribution in [3.05, 3.63) is 58.9 Å². The van der Waals surface area contributed by atoms with Gasteiger partial charge in [0.15, 0.2) is 0 Å². The number of anilines is 1. The van der Waals surface area contributed by atoms with Gasteiger partial charge in [0.25, 0.3) is 0 Å². The third-order valence-corrected chi connectivity index (χ3v) is 5.62. The van der Waals surface area contributed by atoms with Crippen molar-refractivity contribution < 1.29 is 14.4 Å². The highest BCUT2D eigenvalue weighted by atomic mass is 35.5. The van der Waals surface area contributed by atoms with Crippen LogP contribution in [0.3, 0.4) is 0 Å². The first-order chi connectivity index (χ1) is 13.7. The maximum absolute atomic E-state index is 13.1. The maximum atomic E-state index is 13.1. The number of hydrogen-bond acceptors (Lipinski definition) is 4. The number of nitrogens with two attached hydrogens (primary N) is 1. The summed E-state index contributed by atoms with van der Waals surface area (Å²) in [7, 11) is 0. The van der Waals surface area contributed by atoms with E-state index in [9.17, 15) is 14.4 Å². The van der Waals surface area contributed by atoms with Gasteiger partial charge in [-0.2, -0.15) is 0 Å². The molecular weight excluding hydrogens is 392 g/mol. The summed E-state index contributed by atoms with van der Waals surface area (Å²) in [6.07, 6.45) is 4.29. The van der Waals surface area contributed by atoms with E-state index in [4.69, 9.17) is 17.3 Å². The highest BCUT2D eigenvalue weighted by Gasteiger charge is 2.43. The molecule has 1 aliphatic heterocycles. The van der Waals surface area contributed by atoms with Crippen LogP contribution in [-0.2, 0) is 15.1 Å². The lowest BCUT2D eigenvalue weighted by atomic mass is 9.79. The number of rotatable bonds is 3. The summed E-state index contributed by atoms with van der Waals surface area (Å²) >= 11 is 6.16. The van der Waals surface area contributed by atoms with Gasteiger partial charge in [-0.3, -0.25) is 19.4 Å². The molecule has 1 aromatic carbocycles. The number of amides is 3. The molecule has 29 heavy (non-hydrogen) atoms. The van der Waals surface area contributed by atoms with Crippen LogP contribution in [-0.4, -0.2) is 34.2 Å². The highest BCUT2D eigenvalue weighted by molar-refractivity contribution is 6.39. The molecular formula is C21H23ClN4O3. The van der Waals surface area contributed by atoms with Crippen LogP contribution in [0.2, 0.25) is 5.02 Å². The average molecular weight is 415 g/mol. The molecule has 7 nitrogen and oxygen atoms in total. The van der Waals surface area contributed by atoms with Gasteiger partial charge in [0.1, 0.15) is 0 Å². The first-order valence-electron chi connectivity index (χ1n) is 9.34. The molecule has 0 aliphatic carbocycles. The van der Waals surface area contributed by atoms with Crippen LogP contribution in [0.1, 0.15) is 42.6 Å². The molecule has 3 amide bonds. The van der Waals surface area contributed by atoms with Crippen LogP contribution in [0.25, 0.3) is 0 Å². The molecule has 8 heteroatoms. The van der Waals surface area contributed by atoms with Crippen molar-refractivity contribution in [2.24, 2.45) is 11.7 Å². The molecule has 152 valence electrons. The second kappa shape index (κ2) is 8.21. The molecule has 2 heterocycles. The molecule has 0 unspecified atom stereocenters.